The molecule has 0 aliphatic carbocycles. The van der Waals surface area contributed by atoms with Gasteiger partial charge in [-0.2, -0.15) is 0 Å². The normalized spacial score (nSPS) is 14.7. The summed E-state index contributed by atoms with van der Waals surface area (Å²) in [5.74, 6) is 20.5. The van der Waals surface area contributed by atoms with Crippen molar-refractivity contribution in [1.82, 2.24) is 74.7 Å². The lowest BCUT2D eigenvalue weighted by Crippen LogP contribution is -2.51. The fourth-order valence-electron chi connectivity index (χ4n) is 7.92. The van der Waals surface area contributed by atoms with Crippen LogP contribution in [0.4, 0.5) is 0 Å². The summed E-state index contributed by atoms with van der Waals surface area (Å²) in [5, 5.41) is 35.3. The van der Waals surface area contributed by atoms with Gasteiger partial charge >= 0.3 is 7.60 Å². The third kappa shape index (κ3) is 22.5. The maximum absolute atomic E-state index is 15.1. The summed E-state index contributed by atoms with van der Waals surface area (Å²) >= 11 is 0. The van der Waals surface area contributed by atoms with E-state index in [1.54, 1.807) is 25.7 Å². The van der Waals surface area contributed by atoms with Crippen LogP contribution in [0, 0.1) is 0 Å². The first-order valence-electron chi connectivity index (χ1n) is 24.9. The maximum atomic E-state index is 15.1. The summed E-state index contributed by atoms with van der Waals surface area (Å²) < 4.78 is 53.5. The minimum absolute atomic E-state index is 0.0520. The number of amides is 1. The van der Waals surface area contributed by atoms with Crippen molar-refractivity contribution in [1.29, 1.82) is 0 Å². The average molecular weight is 1070 g/mol. The standard InChI is InChI=1S/C42H78N19O12P/c1-3-74(63,64-2)73-40-7-10-56(11-8-40)42(62)41(57(30-38-34-60(53-49-38)14-18-67-22-26-71-45)31-39-35-61(54-50-39)15-19-68-23-27-72-46)6-4-5-9-55(28-36-32-58(51-47-36)12-16-65-20-24-69-43)29-37-33-59(52-48-37)13-17-66-21-25-70-44/h32-35,40-41H,3-31,43-46H2,1-2H3. The Bertz CT molecular complexity index is 2030. The highest BCUT2D eigenvalue weighted by molar-refractivity contribution is 7.53. The molecular weight excluding hydrogens is 994 g/mol. The number of rotatable bonds is 43. The van der Waals surface area contributed by atoms with Crippen LogP contribution in [-0.2, 0) is 109 Å². The van der Waals surface area contributed by atoms with Gasteiger partial charge in [0, 0.05) is 77.3 Å². The molecule has 4 aromatic heterocycles. The van der Waals surface area contributed by atoms with Gasteiger partial charge in [-0.15, -0.1) is 20.4 Å². The molecule has 0 radical (unpaired) electrons. The molecule has 0 aromatic carbocycles. The first-order valence-corrected chi connectivity index (χ1v) is 26.6. The van der Waals surface area contributed by atoms with E-state index in [4.69, 9.17) is 51.6 Å². The molecule has 31 nitrogen and oxygen atoms in total. The van der Waals surface area contributed by atoms with E-state index in [0.717, 1.165) is 11.4 Å². The molecule has 2 unspecified atom stereocenters. The molecule has 1 fully saturated rings. The zero-order valence-electron chi connectivity index (χ0n) is 42.8. The fourth-order valence-corrected chi connectivity index (χ4v) is 9.07. The number of nitrogens with two attached hydrogens (primary N) is 4. The monoisotopic (exact) mass is 1070 g/mol. The second kappa shape index (κ2) is 35.0. The first kappa shape index (κ1) is 60.5. The SMILES string of the molecule is CCP(=O)(OC)OC1CCN(C(=O)C(CCCCN(Cc2cn(CCOCCON)nn2)Cc2cn(CCOCCON)nn2)N(Cc2cn(CCOCCON)nn2)Cc2cn(CCOCCON)nn2)CC1. The number of carbonyl (C=O) groups is 1. The predicted molar refractivity (Wildman–Crippen MR) is 261 cm³/mol. The van der Waals surface area contributed by atoms with Gasteiger partial charge in [0.1, 0.15) is 0 Å². The smallest absolute Gasteiger partial charge is 0.330 e. The fraction of sp³-hybridized carbons (Fsp3) is 0.786. The van der Waals surface area contributed by atoms with Crippen molar-refractivity contribution in [2.75, 3.05) is 112 Å². The van der Waals surface area contributed by atoms with Crippen LogP contribution in [0.3, 0.4) is 0 Å². The second-order valence-corrected chi connectivity index (χ2v) is 19.6. The summed E-state index contributed by atoms with van der Waals surface area (Å²) in [5.41, 5.74) is 2.83. The van der Waals surface area contributed by atoms with E-state index in [9.17, 15) is 4.57 Å². The molecule has 1 aliphatic rings. The van der Waals surface area contributed by atoms with Crippen LogP contribution in [0.5, 0.6) is 0 Å². The van der Waals surface area contributed by atoms with E-state index in [-0.39, 0.29) is 57.7 Å². The van der Waals surface area contributed by atoms with Crippen LogP contribution in [0.15, 0.2) is 24.8 Å². The van der Waals surface area contributed by atoms with Crippen LogP contribution in [0.25, 0.3) is 0 Å². The van der Waals surface area contributed by atoms with Gasteiger partial charge in [0.25, 0.3) is 0 Å². The lowest BCUT2D eigenvalue weighted by Gasteiger charge is -2.38. The summed E-state index contributed by atoms with van der Waals surface area (Å²) in [7, 11) is -1.84. The first-order chi connectivity index (χ1) is 36.2. The van der Waals surface area contributed by atoms with Crippen LogP contribution in [-0.4, -0.2) is 205 Å². The molecule has 4 aromatic rings. The quantitative estimate of drug-likeness (QED) is 0.0230. The van der Waals surface area contributed by atoms with Crippen molar-refractivity contribution in [2.24, 2.45) is 23.6 Å². The van der Waals surface area contributed by atoms with Crippen LogP contribution in [0.1, 0.15) is 61.8 Å². The Morgan fingerprint density at radius 1 is 0.608 bits per heavy atom. The summed E-state index contributed by atoms with van der Waals surface area (Å²) in [6.45, 7) is 10.7. The zero-order chi connectivity index (χ0) is 52.6. The Balaban J connectivity index is 1.35. The van der Waals surface area contributed by atoms with Crippen LogP contribution >= 0.6 is 7.60 Å². The van der Waals surface area contributed by atoms with Gasteiger partial charge in [-0.3, -0.25) is 19.2 Å². The van der Waals surface area contributed by atoms with Gasteiger partial charge in [-0.05, 0) is 32.2 Å². The topological polar surface area (TPSA) is 363 Å². The van der Waals surface area contributed by atoms with Gasteiger partial charge in [-0.1, -0.05) is 34.2 Å². The lowest BCUT2D eigenvalue weighted by molar-refractivity contribution is -0.139. The Hall–Kier alpha value is -4.38. The van der Waals surface area contributed by atoms with E-state index < -0.39 is 13.6 Å². The molecule has 0 bridgehead atoms. The van der Waals surface area contributed by atoms with Crippen molar-refractivity contribution in [3.05, 3.63) is 47.6 Å². The van der Waals surface area contributed by atoms with E-state index in [1.807, 2.05) is 29.7 Å². The van der Waals surface area contributed by atoms with E-state index in [2.05, 4.69) is 70.4 Å². The minimum atomic E-state index is -3.24. The third-order valence-electron chi connectivity index (χ3n) is 11.7. The number of ether oxygens (including phenoxy) is 4. The molecule has 1 aliphatic heterocycles. The average Bonchev–Trinajstić information content (AvgIpc) is 4.26. The molecule has 0 saturated carbocycles. The minimum Gasteiger partial charge on any atom is -0.377 e. The van der Waals surface area contributed by atoms with Gasteiger partial charge in [0.2, 0.25) is 5.91 Å². The number of unbranched alkanes of at least 4 members (excludes halogenated alkanes) is 1. The number of nitrogens with zero attached hydrogens (tertiary/aromatic N) is 15. The molecular formula is C42H78N19O12P. The van der Waals surface area contributed by atoms with E-state index in [0.29, 0.717) is 155 Å². The highest BCUT2D eigenvalue weighted by atomic mass is 31.2. The van der Waals surface area contributed by atoms with Crippen molar-refractivity contribution in [2.45, 2.75) is 104 Å². The number of carbonyl (C=O) groups excluding carboxylic acids is 1. The zero-order valence-corrected chi connectivity index (χ0v) is 43.7. The molecule has 1 amide bonds. The number of hydrogen-bond acceptors (Lipinski definition) is 26. The second-order valence-electron chi connectivity index (χ2n) is 17.2. The Morgan fingerprint density at radius 2 is 1.00 bits per heavy atom. The Labute approximate surface area is 430 Å². The van der Waals surface area contributed by atoms with Gasteiger partial charge < -0.3 is 52.2 Å². The van der Waals surface area contributed by atoms with Crippen LogP contribution in [0.2, 0.25) is 0 Å². The van der Waals surface area contributed by atoms with Gasteiger partial charge in [0.05, 0.1) is 140 Å². The molecule has 0 spiro atoms. The number of likely N-dealkylation sites (tertiary alicyclic amines) is 1. The molecule has 8 N–H and O–H groups in total. The largest absolute Gasteiger partial charge is 0.377 e. The summed E-state index contributed by atoms with van der Waals surface area (Å²) in [6, 6.07) is -0.617. The lowest BCUT2D eigenvalue weighted by atomic mass is 10.0. The molecule has 2 atom stereocenters. The van der Waals surface area contributed by atoms with Gasteiger partial charge in [-0.25, -0.2) is 42.3 Å². The molecule has 5 rings (SSSR count). The number of hydrogen-bond donors (Lipinski definition) is 4. The molecule has 32 heteroatoms. The number of aromatic nitrogens is 12. The van der Waals surface area contributed by atoms with Gasteiger partial charge in [0.15, 0.2) is 0 Å². The predicted octanol–water partition coefficient (Wildman–Crippen LogP) is -1.21. The van der Waals surface area contributed by atoms with Crippen molar-refractivity contribution in [3.63, 3.8) is 0 Å². The molecule has 5 heterocycles. The van der Waals surface area contributed by atoms with Crippen LogP contribution < -0.4 is 23.6 Å². The van der Waals surface area contributed by atoms with Crippen molar-refractivity contribution >= 4 is 13.5 Å². The highest BCUT2D eigenvalue weighted by Gasteiger charge is 2.35. The summed E-state index contributed by atoms with van der Waals surface area (Å²) in [6.07, 6.45) is 10.3. The summed E-state index contributed by atoms with van der Waals surface area (Å²) in [4.78, 5) is 39.6. The molecule has 1 saturated heterocycles. The van der Waals surface area contributed by atoms with E-state index >= 15 is 4.79 Å². The molecule has 418 valence electrons. The van der Waals surface area contributed by atoms with Crippen molar-refractivity contribution < 1.29 is 56.7 Å². The highest BCUT2D eigenvalue weighted by Crippen LogP contribution is 2.49. The Morgan fingerprint density at radius 3 is 1.36 bits per heavy atom. The maximum Gasteiger partial charge on any atom is 0.330 e. The Kier molecular flexibility index (Phi) is 28.6. The third-order valence-corrected chi connectivity index (χ3v) is 13.7. The van der Waals surface area contributed by atoms with Crippen molar-refractivity contribution in [3.8, 4) is 0 Å². The number of piperidine rings is 1. The van der Waals surface area contributed by atoms with E-state index in [1.165, 1.54) is 7.11 Å². The molecule has 74 heavy (non-hydrogen) atoms.